The Kier molecular flexibility index (Phi) is 6.49. The monoisotopic (exact) mass is 224 g/mol. The number of hydrogen-bond donors (Lipinski definition) is 1. The van der Waals surface area contributed by atoms with Gasteiger partial charge in [-0.3, -0.25) is 4.79 Å². The molecule has 0 aromatic heterocycles. The number of Topliss-reactive ketones (excluding diaryl/α,β-unsaturated/α-hetero) is 1. The molecule has 0 fully saturated rings. The van der Waals surface area contributed by atoms with E-state index in [1.165, 1.54) is 25.7 Å². The van der Waals surface area contributed by atoms with E-state index in [0.717, 1.165) is 30.6 Å². The summed E-state index contributed by atoms with van der Waals surface area (Å²) in [6.45, 7) is 0. The van der Waals surface area contributed by atoms with Crippen LogP contribution in [0, 0.1) is 0 Å². The third kappa shape index (κ3) is 5.22. The Morgan fingerprint density at radius 3 is 2.60 bits per heavy atom. The number of carbonyl (C=O) groups is 1. The van der Waals surface area contributed by atoms with E-state index in [0.29, 0.717) is 5.78 Å². The van der Waals surface area contributed by atoms with Crippen molar-refractivity contribution < 1.29 is 4.79 Å². The van der Waals surface area contributed by atoms with Crippen molar-refractivity contribution in [2.75, 3.05) is 5.75 Å². The molecular formula is C13H20OS. The average molecular weight is 224 g/mol. The molecule has 15 heavy (non-hydrogen) atoms. The standard InChI is InChI=1S/C13H20OS/c14-13(12-8-5-6-9-12)10-4-2-1-3-7-11-15/h5-6,8,15H,1-4,7,9-11H2. The summed E-state index contributed by atoms with van der Waals surface area (Å²) in [5.74, 6) is 1.33. The van der Waals surface area contributed by atoms with Gasteiger partial charge in [-0.15, -0.1) is 0 Å². The van der Waals surface area contributed by atoms with E-state index < -0.39 is 0 Å². The lowest BCUT2D eigenvalue weighted by Crippen LogP contribution is -2.00. The fourth-order valence-electron chi connectivity index (χ4n) is 1.74. The molecule has 1 rings (SSSR count). The van der Waals surface area contributed by atoms with Gasteiger partial charge in [-0.1, -0.05) is 37.5 Å². The van der Waals surface area contributed by atoms with E-state index in [9.17, 15) is 4.79 Å². The Balaban J connectivity index is 1.98. The van der Waals surface area contributed by atoms with Crippen LogP contribution < -0.4 is 0 Å². The Labute approximate surface area is 98.1 Å². The van der Waals surface area contributed by atoms with Gasteiger partial charge in [0.15, 0.2) is 5.78 Å². The van der Waals surface area contributed by atoms with Crippen LogP contribution in [0.3, 0.4) is 0 Å². The largest absolute Gasteiger partial charge is 0.295 e. The van der Waals surface area contributed by atoms with Crippen LogP contribution in [0.25, 0.3) is 0 Å². The summed E-state index contributed by atoms with van der Waals surface area (Å²) < 4.78 is 0. The van der Waals surface area contributed by atoms with Crippen LogP contribution in [-0.4, -0.2) is 11.5 Å². The molecule has 0 aromatic rings. The van der Waals surface area contributed by atoms with Gasteiger partial charge in [0.25, 0.3) is 0 Å². The molecule has 0 heterocycles. The molecule has 84 valence electrons. The van der Waals surface area contributed by atoms with Crippen molar-refractivity contribution >= 4 is 18.4 Å². The quantitative estimate of drug-likeness (QED) is 0.491. The van der Waals surface area contributed by atoms with Crippen LogP contribution in [-0.2, 0) is 4.79 Å². The van der Waals surface area contributed by atoms with Gasteiger partial charge in [0.05, 0.1) is 0 Å². The van der Waals surface area contributed by atoms with E-state index in [1.54, 1.807) is 0 Å². The van der Waals surface area contributed by atoms with Crippen LogP contribution in [0.5, 0.6) is 0 Å². The maximum atomic E-state index is 11.6. The molecule has 0 aromatic carbocycles. The van der Waals surface area contributed by atoms with Crippen LogP contribution >= 0.6 is 12.6 Å². The fourth-order valence-corrected chi connectivity index (χ4v) is 1.97. The Hall–Kier alpha value is -0.500. The maximum absolute atomic E-state index is 11.6. The molecule has 2 heteroatoms. The molecule has 0 aliphatic heterocycles. The van der Waals surface area contributed by atoms with E-state index in [4.69, 9.17) is 0 Å². The molecule has 0 saturated heterocycles. The van der Waals surface area contributed by atoms with Crippen LogP contribution in [0.1, 0.15) is 44.9 Å². The van der Waals surface area contributed by atoms with Crippen molar-refractivity contribution in [2.24, 2.45) is 0 Å². The number of ketones is 1. The summed E-state index contributed by atoms with van der Waals surface area (Å²) in [5, 5.41) is 0. The number of thiol groups is 1. The normalized spacial score (nSPS) is 14.3. The molecule has 0 N–H and O–H groups in total. The average Bonchev–Trinajstić information content (AvgIpc) is 2.76. The summed E-state index contributed by atoms with van der Waals surface area (Å²) in [7, 11) is 0. The van der Waals surface area contributed by atoms with Crippen LogP contribution in [0.15, 0.2) is 23.8 Å². The Bertz CT molecular complexity index is 253. The zero-order valence-corrected chi connectivity index (χ0v) is 10.1. The highest BCUT2D eigenvalue weighted by Crippen LogP contribution is 2.15. The Morgan fingerprint density at radius 2 is 1.93 bits per heavy atom. The van der Waals surface area contributed by atoms with Crippen molar-refractivity contribution in [1.82, 2.24) is 0 Å². The third-order valence-corrected chi connectivity index (χ3v) is 3.01. The van der Waals surface area contributed by atoms with Crippen molar-refractivity contribution in [3.63, 3.8) is 0 Å². The lowest BCUT2D eigenvalue weighted by molar-refractivity contribution is -0.115. The van der Waals surface area contributed by atoms with E-state index in [1.807, 2.05) is 18.2 Å². The molecule has 1 aliphatic carbocycles. The Morgan fingerprint density at radius 1 is 1.20 bits per heavy atom. The topological polar surface area (TPSA) is 17.1 Å². The fraction of sp³-hybridized carbons (Fsp3) is 0.615. The number of unbranched alkanes of at least 4 members (excludes halogenated alkanes) is 4. The minimum Gasteiger partial charge on any atom is -0.295 e. The first-order chi connectivity index (χ1) is 7.34. The van der Waals surface area contributed by atoms with Gasteiger partial charge in [0.1, 0.15) is 0 Å². The van der Waals surface area contributed by atoms with Gasteiger partial charge in [-0.25, -0.2) is 0 Å². The van der Waals surface area contributed by atoms with Gasteiger partial charge < -0.3 is 0 Å². The molecule has 0 spiro atoms. The number of hydrogen-bond acceptors (Lipinski definition) is 2. The van der Waals surface area contributed by atoms with Crippen LogP contribution in [0.2, 0.25) is 0 Å². The van der Waals surface area contributed by atoms with Crippen molar-refractivity contribution in [2.45, 2.75) is 44.9 Å². The zero-order valence-electron chi connectivity index (χ0n) is 9.24. The van der Waals surface area contributed by atoms with E-state index >= 15 is 0 Å². The van der Waals surface area contributed by atoms with Crippen molar-refractivity contribution in [3.8, 4) is 0 Å². The second-order valence-corrected chi connectivity index (χ2v) is 4.44. The van der Waals surface area contributed by atoms with Crippen LogP contribution in [0.4, 0.5) is 0 Å². The highest BCUT2D eigenvalue weighted by atomic mass is 32.1. The van der Waals surface area contributed by atoms with Gasteiger partial charge in [-0.05, 0) is 30.6 Å². The first-order valence-electron chi connectivity index (χ1n) is 5.84. The molecule has 0 radical (unpaired) electrons. The molecule has 1 nitrogen and oxygen atoms in total. The summed E-state index contributed by atoms with van der Waals surface area (Å²) in [4.78, 5) is 11.6. The number of rotatable bonds is 8. The second-order valence-electron chi connectivity index (χ2n) is 3.99. The summed E-state index contributed by atoms with van der Waals surface area (Å²) >= 11 is 4.17. The predicted octanol–water partition coefficient (Wildman–Crippen LogP) is 3.71. The highest BCUT2D eigenvalue weighted by Gasteiger charge is 2.09. The lowest BCUT2D eigenvalue weighted by Gasteiger charge is -2.01. The minimum absolute atomic E-state index is 0.342. The van der Waals surface area contributed by atoms with Gasteiger partial charge in [-0.2, -0.15) is 12.6 Å². The van der Waals surface area contributed by atoms with Gasteiger partial charge >= 0.3 is 0 Å². The first kappa shape index (κ1) is 12.6. The lowest BCUT2D eigenvalue weighted by atomic mass is 10.0. The zero-order chi connectivity index (χ0) is 10.9. The molecule has 0 amide bonds. The predicted molar refractivity (Wildman–Crippen MR) is 68.4 cm³/mol. The smallest absolute Gasteiger partial charge is 0.159 e. The summed E-state index contributed by atoms with van der Waals surface area (Å²) in [6.07, 6.45) is 13.5. The van der Waals surface area contributed by atoms with E-state index in [-0.39, 0.29) is 0 Å². The molecule has 0 saturated carbocycles. The van der Waals surface area contributed by atoms with E-state index in [2.05, 4.69) is 12.6 Å². The SMILES string of the molecule is O=C(CCCCCCCS)C1=CC=CC1. The summed E-state index contributed by atoms with van der Waals surface area (Å²) in [5.41, 5.74) is 0.991. The maximum Gasteiger partial charge on any atom is 0.159 e. The number of carbonyl (C=O) groups excluding carboxylic acids is 1. The minimum atomic E-state index is 0.342. The van der Waals surface area contributed by atoms with Gasteiger partial charge in [0, 0.05) is 6.42 Å². The van der Waals surface area contributed by atoms with Crippen molar-refractivity contribution in [1.29, 1.82) is 0 Å². The summed E-state index contributed by atoms with van der Waals surface area (Å²) in [6, 6.07) is 0. The van der Waals surface area contributed by atoms with Crippen molar-refractivity contribution in [3.05, 3.63) is 23.8 Å². The number of allylic oxidation sites excluding steroid dienone is 4. The molecule has 0 bridgehead atoms. The molecular weight excluding hydrogens is 204 g/mol. The third-order valence-electron chi connectivity index (χ3n) is 2.69. The second kappa shape index (κ2) is 7.75. The van der Waals surface area contributed by atoms with Gasteiger partial charge in [0.2, 0.25) is 0 Å². The first-order valence-corrected chi connectivity index (χ1v) is 6.47. The highest BCUT2D eigenvalue weighted by molar-refractivity contribution is 7.80. The molecule has 1 aliphatic rings. The molecule has 0 atom stereocenters. The molecule has 0 unspecified atom stereocenters.